The van der Waals surface area contributed by atoms with E-state index in [2.05, 4.69) is 38.6 Å². The van der Waals surface area contributed by atoms with Crippen molar-refractivity contribution in [3.63, 3.8) is 0 Å². The predicted molar refractivity (Wildman–Crippen MR) is 139 cm³/mol. The first-order chi connectivity index (χ1) is 18.1. The molecule has 38 heavy (non-hydrogen) atoms. The molecule has 2 fully saturated rings. The molecular weight excluding hydrogens is 497 g/mol. The number of nitrogens with zero attached hydrogens (tertiary/aromatic N) is 5. The van der Waals surface area contributed by atoms with Gasteiger partial charge in [-0.05, 0) is 63.9 Å². The summed E-state index contributed by atoms with van der Waals surface area (Å²) in [7, 11) is 5.75. The van der Waals surface area contributed by atoms with Crippen molar-refractivity contribution in [2.75, 3.05) is 53.9 Å². The van der Waals surface area contributed by atoms with Crippen LogP contribution in [0.25, 0.3) is 0 Å². The van der Waals surface area contributed by atoms with Crippen LogP contribution < -0.4 is 10.2 Å². The zero-order valence-electron chi connectivity index (χ0n) is 22.1. The third kappa shape index (κ3) is 5.62. The number of likely N-dealkylation sites (N-methyl/N-ethyl adjacent to an activating group) is 1. The summed E-state index contributed by atoms with van der Waals surface area (Å²) >= 11 is 0. The SMILES string of the molecule is C=C1C2=C(OCC3(CC3)CN2C)C(=NCC2CCN(C)CC2)NN1C(=NC)c1cccc(OC(F)(F)F)c1. The minimum absolute atomic E-state index is 0.126. The number of ether oxygens (including phenoxy) is 2. The first kappa shape index (κ1) is 26.4. The van der Waals surface area contributed by atoms with E-state index in [1.807, 2.05) is 7.05 Å². The van der Waals surface area contributed by atoms with E-state index in [1.54, 1.807) is 18.1 Å². The monoisotopic (exact) mass is 532 g/mol. The van der Waals surface area contributed by atoms with E-state index in [0.29, 0.717) is 47.8 Å². The molecule has 1 N–H and O–H groups in total. The topological polar surface area (TPSA) is 64.9 Å². The van der Waals surface area contributed by atoms with Crippen LogP contribution in [0, 0.1) is 11.3 Å². The minimum atomic E-state index is -4.79. The quantitative estimate of drug-likeness (QED) is 0.468. The van der Waals surface area contributed by atoms with Crippen LogP contribution in [0.5, 0.6) is 5.75 Å². The summed E-state index contributed by atoms with van der Waals surface area (Å²) in [6.45, 7) is 8.53. The summed E-state index contributed by atoms with van der Waals surface area (Å²) in [4.78, 5) is 13.9. The summed E-state index contributed by atoms with van der Waals surface area (Å²) in [5, 5.41) is 1.68. The second-order valence-corrected chi connectivity index (χ2v) is 10.8. The Morgan fingerprint density at radius 3 is 2.63 bits per heavy atom. The summed E-state index contributed by atoms with van der Waals surface area (Å²) in [6, 6.07) is 5.77. The van der Waals surface area contributed by atoms with Gasteiger partial charge in [0.15, 0.2) is 17.4 Å². The Morgan fingerprint density at radius 1 is 1.24 bits per heavy atom. The Bertz CT molecular complexity index is 1170. The number of likely N-dealkylation sites (tertiary alicyclic amines) is 1. The van der Waals surface area contributed by atoms with Crippen LogP contribution in [0.3, 0.4) is 0 Å². The van der Waals surface area contributed by atoms with Gasteiger partial charge in [-0.3, -0.25) is 15.4 Å². The number of alkyl halides is 3. The second kappa shape index (κ2) is 10.2. The highest BCUT2D eigenvalue weighted by atomic mass is 19.4. The molecule has 0 aromatic heterocycles. The molecule has 8 nitrogen and oxygen atoms in total. The average Bonchev–Trinajstić information content (AvgIpc) is 3.64. The van der Waals surface area contributed by atoms with Crippen LogP contribution in [-0.4, -0.2) is 86.8 Å². The molecule has 4 aliphatic rings. The molecule has 1 saturated heterocycles. The van der Waals surface area contributed by atoms with Crippen LogP contribution in [-0.2, 0) is 4.74 Å². The van der Waals surface area contributed by atoms with Gasteiger partial charge >= 0.3 is 6.36 Å². The Balaban J connectivity index is 1.48. The Labute approximate surface area is 221 Å². The molecule has 0 unspecified atom stereocenters. The number of amidine groups is 2. The Morgan fingerprint density at radius 2 is 1.97 bits per heavy atom. The first-order valence-electron chi connectivity index (χ1n) is 13.0. The lowest BCUT2D eigenvalue weighted by Gasteiger charge is -2.38. The molecule has 1 aliphatic carbocycles. The van der Waals surface area contributed by atoms with Crippen molar-refractivity contribution in [3.05, 3.63) is 53.6 Å². The van der Waals surface area contributed by atoms with Crippen molar-refractivity contribution in [2.24, 2.45) is 21.3 Å². The fourth-order valence-electron chi connectivity index (χ4n) is 5.38. The maximum Gasteiger partial charge on any atom is 0.573 e. The molecule has 5 rings (SSSR count). The summed E-state index contributed by atoms with van der Waals surface area (Å²) in [5.41, 5.74) is 5.29. The van der Waals surface area contributed by atoms with Gasteiger partial charge in [0.25, 0.3) is 0 Å². The number of nitrogens with one attached hydrogen (secondary N) is 1. The molecule has 206 valence electrons. The zero-order valence-corrected chi connectivity index (χ0v) is 22.1. The van der Waals surface area contributed by atoms with E-state index < -0.39 is 6.36 Å². The Kier molecular flexibility index (Phi) is 7.06. The number of hydrogen-bond donors (Lipinski definition) is 1. The summed E-state index contributed by atoms with van der Waals surface area (Å²) in [5.74, 6) is 1.78. The highest BCUT2D eigenvalue weighted by molar-refractivity contribution is 6.06. The molecule has 0 radical (unpaired) electrons. The molecule has 3 heterocycles. The van der Waals surface area contributed by atoms with E-state index in [4.69, 9.17) is 9.73 Å². The number of rotatable bonds is 4. The van der Waals surface area contributed by atoms with Gasteiger partial charge in [0, 0.05) is 38.2 Å². The molecule has 1 saturated carbocycles. The molecule has 11 heteroatoms. The number of aliphatic imine (C=N–C) groups is 2. The molecule has 1 spiro atoms. The Hall–Kier alpha value is -3.21. The third-order valence-electron chi connectivity index (χ3n) is 7.72. The van der Waals surface area contributed by atoms with Crippen LogP contribution in [0.1, 0.15) is 31.2 Å². The number of benzene rings is 1. The molecular formula is C27H35F3N6O2. The lowest BCUT2D eigenvalue weighted by Crippen LogP contribution is -2.52. The van der Waals surface area contributed by atoms with Crippen LogP contribution >= 0.6 is 0 Å². The van der Waals surface area contributed by atoms with E-state index in [9.17, 15) is 13.2 Å². The maximum atomic E-state index is 12.9. The van der Waals surface area contributed by atoms with Gasteiger partial charge in [-0.25, -0.2) is 5.01 Å². The van der Waals surface area contributed by atoms with Gasteiger partial charge in [0.05, 0.1) is 12.3 Å². The van der Waals surface area contributed by atoms with Crippen LogP contribution in [0.4, 0.5) is 13.2 Å². The van der Waals surface area contributed by atoms with Gasteiger partial charge in [-0.1, -0.05) is 18.7 Å². The van der Waals surface area contributed by atoms with E-state index >= 15 is 0 Å². The third-order valence-corrected chi connectivity index (χ3v) is 7.72. The predicted octanol–water partition coefficient (Wildman–Crippen LogP) is 3.99. The fraction of sp³-hybridized carbons (Fsp3) is 0.556. The number of halogens is 3. The molecule has 0 amide bonds. The van der Waals surface area contributed by atoms with Gasteiger partial charge in [0.1, 0.15) is 11.4 Å². The highest BCUT2D eigenvalue weighted by Crippen LogP contribution is 2.49. The molecule has 0 bridgehead atoms. The number of piperidine rings is 1. The molecule has 3 aliphatic heterocycles. The largest absolute Gasteiger partial charge is 0.573 e. The average molecular weight is 533 g/mol. The van der Waals surface area contributed by atoms with E-state index in [0.717, 1.165) is 51.0 Å². The van der Waals surface area contributed by atoms with Crippen LogP contribution in [0.15, 0.2) is 58.0 Å². The van der Waals surface area contributed by atoms with Crippen molar-refractivity contribution in [3.8, 4) is 5.75 Å². The number of hydrazine groups is 1. The van der Waals surface area contributed by atoms with Crippen molar-refractivity contribution < 1.29 is 22.6 Å². The lowest BCUT2D eigenvalue weighted by atomic mass is 9.97. The van der Waals surface area contributed by atoms with Gasteiger partial charge < -0.3 is 19.3 Å². The van der Waals surface area contributed by atoms with Crippen molar-refractivity contribution in [2.45, 2.75) is 32.0 Å². The lowest BCUT2D eigenvalue weighted by molar-refractivity contribution is -0.274. The van der Waals surface area contributed by atoms with Gasteiger partial charge in [-0.15, -0.1) is 13.2 Å². The smallest absolute Gasteiger partial charge is 0.487 e. The van der Waals surface area contributed by atoms with Crippen molar-refractivity contribution >= 4 is 11.7 Å². The molecule has 0 atom stereocenters. The van der Waals surface area contributed by atoms with Crippen LogP contribution in [0.2, 0.25) is 0 Å². The zero-order chi connectivity index (χ0) is 27.1. The molecule has 1 aromatic rings. The number of hydrogen-bond acceptors (Lipinski definition) is 6. The maximum absolute atomic E-state index is 12.9. The van der Waals surface area contributed by atoms with Crippen molar-refractivity contribution in [1.82, 2.24) is 20.2 Å². The second-order valence-electron chi connectivity index (χ2n) is 10.8. The summed E-state index contributed by atoms with van der Waals surface area (Å²) < 4.78 is 49.2. The molecule has 1 aromatic carbocycles. The minimum Gasteiger partial charge on any atom is -0.487 e. The standard InChI is InChI=1S/C27H35F3N6O2/c1-18-22-23(37-17-26(10-11-26)16-35(22)4)24(32-15-19-8-12-34(3)13-9-19)33-36(18)25(31-2)20-6-5-7-21(14-20)38-27(28,29)30/h5-7,14,19H,1,8-13,15-17H2,2-4H3,(H,32,33). The highest BCUT2D eigenvalue weighted by Gasteiger charge is 2.48. The van der Waals surface area contributed by atoms with E-state index in [-0.39, 0.29) is 11.2 Å². The first-order valence-corrected chi connectivity index (χ1v) is 13.0. The van der Waals surface area contributed by atoms with E-state index in [1.165, 1.54) is 18.2 Å². The van der Waals surface area contributed by atoms with Gasteiger partial charge in [0.2, 0.25) is 0 Å². The van der Waals surface area contributed by atoms with Gasteiger partial charge in [-0.2, -0.15) is 0 Å². The fourth-order valence-corrected chi connectivity index (χ4v) is 5.38. The normalized spacial score (nSPS) is 23.8. The van der Waals surface area contributed by atoms with Crippen molar-refractivity contribution in [1.29, 1.82) is 0 Å². The summed E-state index contributed by atoms with van der Waals surface area (Å²) in [6.07, 6.45) is -0.420.